The predicted molar refractivity (Wildman–Crippen MR) is 108 cm³/mol. The number of hydrogen-bond donors (Lipinski definition) is 2. The number of nitrogens with zero attached hydrogens (tertiary/aromatic N) is 2. The number of carbonyl (C=O) groups excluding carboxylic acids is 1. The molecule has 9 heteroatoms. The van der Waals surface area contributed by atoms with E-state index in [1.807, 2.05) is 12.1 Å². The minimum absolute atomic E-state index is 0.0542. The molecule has 1 aromatic heterocycles. The third-order valence-electron chi connectivity index (χ3n) is 4.99. The third kappa shape index (κ3) is 5.33. The zero-order valence-corrected chi connectivity index (χ0v) is 16.4. The average Bonchev–Trinajstić information content (AvgIpc) is 3.43. The molecular formula is C20H26N4O5. The summed E-state index contributed by atoms with van der Waals surface area (Å²) in [6.07, 6.45) is 3.86. The van der Waals surface area contributed by atoms with Crippen molar-refractivity contribution < 1.29 is 18.9 Å². The van der Waals surface area contributed by atoms with Crippen molar-refractivity contribution in [1.82, 2.24) is 10.2 Å². The number of furan rings is 1. The number of nitro groups is 1. The molecule has 1 fully saturated rings. The van der Waals surface area contributed by atoms with Crippen LogP contribution >= 0.6 is 0 Å². The lowest BCUT2D eigenvalue weighted by atomic mass is 10.1. The van der Waals surface area contributed by atoms with E-state index in [0.717, 1.165) is 31.7 Å². The summed E-state index contributed by atoms with van der Waals surface area (Å²) in [4.78, 5) is 25.8. The van der Waals surface area contributed by atoms with Gasteiger partial charge in [-0.2, -0.15) is 0 Å². The van der Waals surface area contributed by atoms with E-state index in [1.54, 1.807) is 25.5 Å². The number of anilines is 1. The molecule has 9 nitrogen and oxygen atoms in total. The maximum absolute atomic E-state index is 12.7. The maximum Gasteiger partial charge on any atom is 0.293 e. The van der Waals surface area contributed by atoms with Gasteiger partial charge in [-0.1, -0.05) is 0 Å². The average molecular weight is 402 g/mol. The number of ether oxygens (including phenoxy) is 1. The van der Waals surface area contributed by atoms with E-state index < -0.39 is 4.92 Å². The molecular weight excluding hydrogens is 376 g/mol. The van der Waals surface area contributed by atoms with Crippen LogP contribution in [0.25, 0.3) is 0 Å². The number of nitro benzene ring substituents is 1. The molecule has 1 aliphatic heterocycles. The molecule has 3 rings (SSSR count). The van der Waals surface area contributed by atoms with E-state index in [-0.39, 0.29) is 23.2 Å². The first kappa shape index (κ1) is 20.8. The van der Waals surface area contributed by atoms with Crippen molar-refractivity contribution in [2.75, 3.05) is 45.2 Å². The van der Waals surface area contributed by atoms with Gasteiger partial charge in [-0.25, -0.2) is 0 Å². The van der Waals surface area contributed by atoms with Crippen LogP contribution in [0.4, 0.5) is 11.4 Å². The Morgan fingerprint density at radius 1 is 1.34 bits per heavy atom. The first-order valence-corrected chi connectivity index (χ1v) is 9.67. The zero-order valence-electron chi connectivity index (χ0n) is 16.4. The van der Waals surface area contributed by atoms with Gasteiger partial charge >= 0.3 is 0 Å². The predicted octanol–water partition coefficient (Wildman–Crippen LogP) is 2.81. The van der Waals surface area contributed by atoms with Gasteiger partial charge in [-0.15, -0.1) is 0 Å². The molecule has 0 spiro atoms. The van der Waals surface area contributed by atoms with Gasteiger partial charge in [0.25, 0.3) is 11.6 Å². The molecule has 1 atom stereocenters. The summed E-state index contributed by atoms with van der Waals surface area (Å²) < 4.78 is 10.5. The van der Waals surface area contributed by atoms with Crippen LogP contribution in [0.2, 0.25) is 0 Å². The summed E-state index contributed by atoms with van der Waals surface area (Å²) in [6, 6.07) is 8.10. The number of rotatable bonds is 10. The molecule has 1 aliphatic rings. The van der Waals surface area contributed by atoms with Crippen LogP contribution in [0.5, 0.6) is 0 Å². The van der Waals surface area contributed by atoms with Crippen molar-refractivity contribution in [3.63, 3.8) is 0 Å². The minimum Gasteiger partial charge on any atom is -0.468 e. The van der Waals surface area contributed by atoms with Gasteiger partial charge in [0.05, 0.1) is 23.8 Å². The van der Waals surface area contributed by atoms with Crippen LogP contribution in [-0.2, 0) is 4.74 Å². The number of benzene rings is 1. The topological polar surface area (TPSA) is 110 Å². The van der Waals surface area contributed by atoms with Crippen molar-refractivity contribution >= 4 is 17.3 Å². The molecule has 0 saturated carbocycles. The summed E-state index contributed by atoms with van der Waals surface area (Å²) in [5.41, 5.74) is 0.457. The summed E-state index contributed by atoms with van der Waals surface area (Å²) in [5.74, 6) is 0.447. The summed E-state index contributed by atoms with van der Waals surface area (Å²) in [7, 11) is 1.56. The first-order chi connectivity index (χ1) is 14.1. The maximum atomic E-state index is 12.7. The Balaban J connectivity index is 1.69. The lowest BCUT2D eigenvalue weighted by Gasteiger charge is -2.26. The smallest absolute Gasteiger partial charge is 0.293 e. The summed E-state index contributed by atoms with van der Waals surface area (Å²) in [6.45, 7) is 3.13. The first-order valence-electron chi connectivity index (χ1n) is 9.67. The summed E-state index contributed by atoms with van der Waals surface area (Å²) in [5, 5.41) is 17.3. The highest BCUT2D eigenvalue weighted by molar-refractivity contribution is 5.95. The van der Waals surface area contributed by atoms with Crippen molar-refractivity contribution in [3.05, 3.63) is 58.0 Å². The van der Waals surface area contributed by atoms with E-state index in [0.29, 0.717) is 25.4 Å². The van der Waals surface area contributed by atoms with Crippen LogP contribution < -0.4 is 10.6 Å². The number of amides is 1. The molecule has 2 N–H and O–H groups in total. The lowest BCUT2D eigenvalue weighted by Crippen LogP contribution is -2.36. The van der Waals surface area contributed by atoms with Gasteiger partial charge in [-0.3, -0.25) is 19.8 Å². The molecule has 0 radical (unpaired) electrons. The largest absolute Gasteiger partial charge is 0.468 e. The zero-order chi connectivity index (χ0) is 20.6. The molecule has 0 aliphatic carbocycles. The Morgan fingerprint density at radius 2 is 2.14 bits per heavy atom. The van der Waals surface area contributed by atoms with E-state index in [1.165, 1.54) is 6.07 Å². The Morgan fingerprint density at radius 3 is 2.79 bits per heavy atom. The van der Waals surface area contributed by atoms with Gasteiger partial charge in [0.2, 0.25) is 0 Å². The van der Waals surface area contributed by atoms with Crippen molar-refractivity contribution in [2.24, 2.45) is 0 Å². The Hall–Kier alpha value is -2.91. The van der Waals surface area contributed by atoms with Crippen LogP contribution in [-0.4, -0.2) is 55.6 Å². The quantitative estimate of drug-likeness (QED) is 0.357. The lowest BCUT2D eigenvalue weighted by molar-refractivity contribution is -0.384. The molecule has 2 heterocycles. The number of hydrogen-bond acceptors (Lipinski definition) is 7. The van der Waals surface area contributed by atoms with Crippen LogP contribution in [0.1, 0.15) is 35.0 Å². The van der Waals surface area contributed by atoms with E-state index in [2.05, 4.69) is 15.5 Å². The molecule has 2 aromatic rings. The second-order valence-electron chi connectivity index (χ2n) is 6.89. The minimum atomic E-state index is -0.498. The van der Waals surface area contributed by atoms with Gasteiger partial charge in [0.1, 0.15) is 11.4 Å². The highest BCUT2D eigenvalue weighted by Gasteiger charge is 2.26. The van der Waals surface area contributed by atoms with Gasteiger partial charge in [-0.05, 0) is 50.2 Å². The summed E-state index contributed by atoms with van der Waals surface area (Å²) >= 11 is 0. The van der Waals surface area contributed by atoms with Gasteiger partial charge in [0, 0.05) is 31.8 Å². The molecule has 156 valence electrons. The second kappa shape index (κ2) is 10.0. The Bertz CT molecular complexity index is 818. The van der Waals surface area contributed by atoms with Crippen molar-refractivity contribution in [2.45, 2.75) is 18.9 Å². The van der Waals surface area contributed by atoms with Crippen molar-refractivity contribution in [1.29, 1.82) is 0 Å². The van der Waals surface area contributed by atoms with Crippen LogP contribution in [0.3, 0.4) is 0 Å². The fraction of sp³-hybridized carbons (Fsp3) is 0.450. The number of likely N-dealkylation sites (tertiary alicyclic amines) is 1. The molecule has 1 saturated heterocycles. The highest BCUT2D eigenvalue weighted by atomic mass is 16.6. The van der Waals surface area contributed by atoms with Crippen molar-refractivity contribution in [3.8, 4) is 0 Å². The van der Waals surface area contributed by atoms with Gasteiger partial charge in [0.15, 0.2) is 0 Å². The molecule has 1 aromatic carbocycles. The fourth-order valence-electron chi connectivity index (χ4n) is 3.50. The number of nitrogens with one attached hydrogen (secondary N) is 2. The van der Waals surface area contributed by atoms with Gasteiger partial charge < -0.3 is 19.8 Å². The monoisotopic (exact) mass is 402 g/mol. The SMILES string of the molecule is COCCNc1ccc(C(=O)NCC(c2ccco2)N2CCCC2)cc1[N+](=O)[O-]. The molecule has 1 unspecified atom stereocenters. The Kier molecular flexibility index (Phi) is 7.20. The standard InChI is InChI=1S/C20H26N4O5/c1-28-12-8-21-16-7-6-15(13-17(16)24(26)27)20(25)22-14-18(19-5-4-11-29-19)23-9-2-3-10-23/h4-7,11,13,18,21H,2-3,8-10,12,14H2,1H3,(H,22,25). The van der Waals surface area contributed by atoms with E-state index in [4.69, 9.17) is 9.15 Å². The molecule has 0 bridgehead atoms. The normalized spacial score (nSPS) is 15.2. The third-order valence-corrected chi connectivity index (χ3v) is 4.99. The second-order valence-corrected chi connectivity index (χ2v) is 6.89. The molecule has 29 heavy (non-hydrogen) atoms. The van der Waals surface area contributed by atoms with E-state index in [9.17, 15) is 14.9 Å². The molecule has 1 amide bonds. The Labute approximate surface area is 169 Å². The van der Waals surface area contributed by atoms with Crippen LogP contribution in [0, 0.1) is 10.1 Å². The fourth-order valence-corrected chi connectivity index (χ4v) is 3.50. The number of carbonyl (C=O) groups is 1. The highest BCUT2D eigenvalue weighted by Crippen LogP contribution is 2.27. The van der Waals surface area contributed by atoms with Crippen LogP contribution in [0.15, 0.2) is 41.0 Å². The van der Waals surface area contributed by atoms with E-state index >= 15 is 0 Å². The number of methoxy groups -OCH3 is 1.